The molecule has 3 nitrogen and oxygen atoms in total. The summed E-state index contributed by atoms with van der Waals surface area (Å²) in [6, 6.07) is 3.97. The number of aryl methyl sites for hydroxylation is 1. The maximum atomic E-state index is 11.8. The number of aliphatic hydroxyl groups is 1. The van der Waals surface area contributed by atoms with E-state index >= 15 is 0 Å². The predicted octanol–water partition coefficient (Wildman–Crippen LogP) is 2.49. The number of nitrogens with one attached hydrogen (secondary N) is 1. The average Bonchev–Trinajstić information content (AvgIpc) is 2.52. The number of carbonyl (C=O) groups is 1. The average molecular weight is 219 g/mol. The van der Waals surface area contributed by atoms with E-state index in [0.717, 1.165) is 28.8 Å². The summed E-state index contributed by atoms with van der Waals surface area (Å²) in [5, 5.41) is 12.6. The Kier molecular flexibility index (Phi) is 2.72. The Bertz CT molecular complexity index is 438. The minimum Gasteiger partial charge on any atom is -0.389 e. The van der Waals surface area contributed by atoms with Gasteiger partial charge >= 0.3 is 0 Å². The van der Waals surface area contributed by atoms with E-state index in [0.29, 0.717) is 0 Å². The van der Waals surface area contributed by atoms with Crippen molar-refractivity contribution in [1.82, 2.24) is 0 Å². The molecule has 1 aliphatic heterocycles. The van der Waals surface area contributed by atoms with Gasteiger partial charge in [0.05, 0.1) is 17.7 Å². The number of hydrogen-bond acceptors (Lipinski definition) is 2. The number of benzene rings is 1. The summed E-state index contributed by atoms with van der Waals surface area (Å²) in [5.74, 6) is -0.0163. The zero-order chi connectivity index (χ0) is 11.9. The predicted molar refractivity (Wildman–Crippen MR) is 63.5 cm³/mol. The Labute approximate surface area is 95.5 Å². The lowest BCUT2D eigenvalue weighted by Gasteiger charge is -2.13. The summed E-state index contributed by atoms with van der Waals surface area (Å²) in [6.45, 7) is 5.71. The van der Waals surface area contributed by atoms with Gasteiger partial charge in [0.2, 0.25) is 5.91 Å². The van der Waals surface area contributed by atoms with Gasteiger partial charge in [0.25, 0.3) is 0 Å². The Morgan fingerprint density at radius 3 is 2.75 bits per heavy atom. The van der Waals surface area contributed by atoms with E-state index in [2.05, 4.69) is 5.32 Å². The first-order chi connectivity index (χ1) is 7.54. The van der Waals surface area contributed by atoms with Crippen LogP contribution in [-0.2, 0) is 4.79 Å². The number of hydrogen-bond donors (Lipinski definition) is 2. The summed E-state index contributed by atoms with van der Waals surface area (Å²) in [6.07, 6.45) is 0.242. The Morgan fingerprint density at radius 2 is 2.19 bits per heavy atom. The number of fused-ring (bicyclic) bond motifs is 1. The zero-order valence-electron chi connectivity index (χ0n) is 9.87. The lowest BCUT2D eigenvalue weighted by Crippen LogP contribution is -2.11. The SMILES string of the molecule is CCC1C(=O)Nc2c(C(C)O)cc(C)cc21. The molecular formula is C13H17NO2. The number of aliphatic hydroxyl groups excluding tert-OH is 1. The molecule has 0 spiro atoms. The molecule has 2 atom stereocenters. The van der Waals surface area contributed by atoms with Crippen LogP contribution < -0.4 is 5.32 Å². The van der Waals surface area contributed by atoms with Crippen LogP contribution in [0.4, 0.5) is 5.69 Å². The third kappa shape index (κ3) is 1.61. The number of rotatable bonds is 2. The standard InChI is InChI=1S/C13H17NO2/c1-4-9-11-6-7(2)5-10(8(3)15)12(11)14-13(9)16/h5-6,8-9,15H,4H2,1-3H3,(H,14,16). The minimum atomic E-state index is -0.551. The second kappa shape index (κ2) is 3.91. The van der Waals surface area contributed by atoms with Gasteiger partial charge in [-0.05, 0) is 25.8 Å². The van der Waals surface area contributed by atoms with Crippen molar-refractivity contribution < 1.29 is 9.90 Å². The van der Waals surface area contributed by atoms with Crippen molar-refractivity contribution in [3.63, 3.8) is 0 Å². The Hall–Kier alpha value is -1.35. The molecule has 1 aromatic rings. The maximum Gasteiger partial charge on any atom is 0.232 e. The topological polar surface area (TPSA) is 49.3 Å². The first-order valence-electron chi connectivity index (χ1n) is 5.68. The summed E-state index contributed by atoms with van der Waals surface area (Å²) in [7, 11) is 0. The van der Waals surface area contributed by atoms with Crippen LogP contribution in [-0.4, -0.2) is 11.0 Å². The van der Waals surface area contributed by atoms with E-state index in [9.17, 15) is 9.90 Å². The molecule has 0 saturated heterocycles. The van der Waals surface area contributed by atoms with Crippen LogP contribution in [0.1, 0.15) is 49.0 Å². The quantitative estimate of drug-likeness (QED) is 0.802. The smallest absolute Gasteiger partial charge is 0.232 e. The Balaban J connectivity index is 2.59. The molecule has 1 amide bonds. The second-order valence-electron chi connectivity index (χ2n) is 4.44. The van der Waals surface area contributed by atoms with Crippen molar-refractivity contribution in [1.29, 1.82) is 0 Å². The van der Waals surface area contributed by atoms with E-state index < -0.39 is 6.10 Å². The summed E-state index contributed by atoms with van der Waals surface area (Å²) < 4.78 is 0. The highest BCUT2D eigenvalue weighted by Gasteiger charge is 2.31. The van der Waals surface area contributed by atoms with E-state index in [1.165, 1.54) is 0 Å². The number of amides is 1. The summed E-state index contributed by atoms with van der Waals surface area (Å²) >= 11 is 0. The van der Waals surface area contributed by atoms with Crippen LogP contribution >= 0.6 is 0 Å². The molecule has 0 fully saturated rings. The zero-order valence-corrected chi connectivity index (χ0v) is 9.87. The normalized spacial score (nSPS) is 20.5. The lowest BCUT2D eigenvalue weighted by molar-refractivity contribution is -0.117. The van der Waals surface area contributed by atoms with Gasteiger partial charge in [0.1, 0.15) is 0 Å². The molecule has 2 N–H and O–H groups in total. The fourth-order valence-corrected chi connectivity index (χ4v) is 2.35. The molecule has 0 radical (unpaired) electrons. The van der Waals surface area contributed by atoms with E-state index in [1.54, 1.807) is 6.92 Å². The van der Waals surface area contributed by atoms with Gasteiger partial charge in [0.15, 0.2) is 0 Å². The van der Waals surface area contributed by atoms with Crippen molar-refractivity contribution >= 4 is 11.6 Å². The monoisotopic (exact) mass is 219 g/mol. The molecule has 0 saturated carbocycles. The highest BCUT2D eigenvalue weighted by atomic mass is 16.3. The van der Waals surface area contributed by atoms with E-state index in [-0.39, 0.29) is 11.8 Å². The summed E-state index contributed by atoms with van der Waals surface area (Å²) in [4.78, 5) is 11.8. The third-order valence-corrected chi connectivity index (χ3v) is 3.14. The van der Waals surface area contributed by atoms with Crippen LogP contribution in [0.3, 0.4) is 0 Å². The lowest BCUT2D eigenvalue weighted by atomic mass is 9.93. The summed E-state index contributed by atoms with van der Waals surface area (Å²) in [5.41, 5.74) is 3.75. The van der Waals surface area contributed by atoms with E-state index in [1.807, 2.05) is 26.0 Å². The third-order valence-electron chi connectivity index (χ3n) is 3.14. The van der Waals surface area contributed by atoms with Gasteiger partial charge in [-0.3, -0.25) is 4.79 Å². The van der Waals surface area contributed by atoms with Gasteiger partial charge in [-0.2, -0.15) is 0 Å². The largest absolute Gasteiger partial charge is 0.389 e. The molecule has 1 aromatic carbocycles. The molecule has 3 heteroatoms. The molecule has 1 aliphatic rings. The van der Waals surface area contributed by atoms with Crippen LogP contribution in [0, 0.1) is 6.92 Å². The van der Waals surface area contributed by atoms with Gasteiger partial charge in [0, 0.05) is 5.56 Å². The van der Waals surface area contributed by atoms with Crippen LogP contribution in [0.5, 0.6) is 0 Å². The molecule has 2 rings (SSSR count). The minimum absolute atomic E-state index is 0.0463. The van der Waals surface area contributed by atoms with E-state index in [4.69, 9.17) is 0 Å². The highest BCUT2D eigenvalue weighted by molar-refractivity contribution is 6.03. The van der Waals surface area contributed by atoms with Crippen LogP contribution in [0.25, 0.3) is 0 Å². The molecule has 1 heterocycles. The van der Waals surface area contributed by atoms with Gasteiger partial charge in [-0.25, -0.2) is 0 Å². The Morgan fingerprint density at radius 1 is 1.50 bits per heavy atom. The van der Waals surface area contributed by atoms with Crippen molar-refractivity contribution in [2.45, 2.75) is 39.2 Å². The van der Waals surface area contributed by atoms with Crippen molar-refractivity contribution in [3.8, 4) is 0 Å². The molecule has 16 heavy (non-hydrogen) atoms. The van der Waals surface area contributed by atoms with Gasteiger partial charge < -0.3 is 10.4 Å². The number of anilines is 1. The molecular weight excluding hydrogens is 202 g/mol. The van der Waals surface area contributed by atoms with Gasteiger partial charge in [-0.15, -0.1) is 0 Å². The maximum absolute atomic E-state index is 11.8. The van der Waals surface area contributed by atoms with Crippen LogP contribution in [0.15, 0.2) is 12.1 Å². The fourth-order valence-electron chi connectivity index (χ4n) is 2.35. The number of carbonyl (C=O) groups excluding carboxylic acids is 1. The molecule has 0 bridgehead atoms. The fraction of sp³-hybridized carbons (Fsp3) is 0.462. The van der Waals surface area contributed by atoms with Crippen molar-refractivity contribution in [2.24, 2.45) is 0 Å². The molecule has 86 valence electrons. The van der Waals surface area contributed by atoms with Gasteiger partial charge in [-0.1, -0.05) is 24.6 Å². The molecule has 0 aliphatic carbocycles. The first-order valence-corrected chi connectivity index (χ1v) is 5.68. The first kappa shape index (κ1) is 11.1. The van der Waals surface area contributed by atoms with Crippen molar-refractivity contribution in [2.75, 3.05) is 5.32 Å². The highest BCUT2D eigenvalue weighted by Crippen LogP contribution is 2.39. The molecule has 0 aromatic heterocycles. The molecule has 2 unspecified atom stereocenters. The van der Waals surface area contributed by atoms with Crippen LogP contribution in [0.2, 0.25) is 0 Å². The van der Waals surface area contributed by atoms with Crippen molar-refractivity contribution in [3.05, 3.63) is 28.8 Å². The second-order valence-corrected chi connectivity index (χ2v) is 4.44.